The van der Waals surface area contributed by atoms with Gasteiger partial charge in [0.2, 0.25) is 11.8 Å². The molecule has 1 aromatic carbocycles. The van der Waals surface area contributed by atoms with Crippen molar-refractivity contribution in [3.8, 4) is 6.07 Å². The molecule has 1 aliphatic carbocycles. The third-order valence-electron chi connectivity index (χ3n) is 4.74. The highest BCUT2D eigenvalue weighted by molar-refractivity contribution is 6.06. The number of amides is 2. The molecule has 21 heavy (non-hydrogen) atoms. The van der Waals surface area contributed by atoms with E-state index in [0.717, 1.165) is 32.1 Å². The Morgan fingerprint density at radius 1 is 1.10 bits per heavy atom. The van der Waals surface area contributed by atoms with Crippen LogP contribution in [0, 0.1) is 16.7 Å². The molecule has 2 fully saturated rings. The summed E-state index contributed by atoms with van der Waals surface area (Å²) in [6.45, 7) is 0. The van der Waals surface area contributed by atoms with E-state index >= 15 is 0 Å². The summed E-state index contributed by atoms with van der Waals surface area (Å²) in [6.07, 6.45) is 4.95. The number of hydrogen-bond donors (Lipinski definition) is 0. The highest BCUT2D eigenvalue weighted by Crippen LogP contribution is 2.47. The van der Waals surface area contributed by atoms with Crippen LogP contribution in [-0.2, 0) is 9.59 Å². The van der Waals surface area contributed by atoms with Crippen LogP contribution >= 0.6 is 0 Å². The lowest BCUT2D eigenvalue weighted by Crippen LogP contribution is -2.38. The van der Waals surface area contributed by atoms with E-state index in [1.165, 1.54) is 4.90 Å². The summed E-state index contributed by atoms with van der Waals surface area (Å²) >= 11 is 0. The van der Waals surface area contributed by atoms with Crippen molar-refractivity contribution in [3.63, 3.8) is 0 Å². The molecule has 1 saturated carbocycles. The highest BCUT2D eigenvalue weighted by Gasteiger charge is 2.53. The smallest absolute Gasteiger partial charge is 0.237 e. The number of imide groups is 1. The summed E-state index contributed by atoms with van der Waals surface area (Å²) in [7, 11) is 0. The van der Waals surface area contributed by atoms with Crippen LogP contribution < -0.4 is 0 Å². The van der Waals surface area contributed by atoms with Crippen molar-refractivity contribution in [2.45, 2.75) is 44.6 Å². The van der Waals surface area contributed by atoms with E-state index in [-0.39, 0.29) is 18.2 Å². The number of rotatable bonds is 2. The fraction of sp³-hybridized carbons (Fsp3) is 0.471. The standard InChI is InChI=1S/C17H18N2O2/c18-12-14(13-7-3-1-4-8-13)19-15(20)11-17(16(19)21)9-5-2-6-10-17/h1,3-4,7-8,14H,2,5-6,9-11H2. The van der Waals surface area contributed by atoms with Gasteiger partial charge in [0.1, 0.15) is 0 Å². The van der Waals surface area contributed by atoms with E-state index in [4.69, 9.17) is 0 Å². The second-order valence-electron chi connectivity index (χ2n) is 6.03. The van der Waals surface area contributed by atoms with Crippen LogP contribution in [0.4, 0.5) is 0 Å². The van der Waals surface area contributed by atoms with Gasteiger partial charge in [-0.25, -0.2) is 0 Å². The minimum Gasteiger partial charge on any atom is -0.274 e. The molecule has 0 bridgehead atoms. The molecule has 0 aromatic heterocycles. The fourth-order valence-corrected chi connectivity index (χ4v) is 3.62. The molecule has 3 rings (SSSR count). The van der Waals surface area contributed by atoms with E-state index in [9.17, 15) is 14.9 Å². The van der Waals surface area contributed by atoms with Crippen LogP contribution in [-0.4, -0.2) is 16.7 Å². The van der Waals surface area contributed by atoms with Crippen molar-refractivity contribution in [1.82, 2.24) is 4.90 Å². The highest BCUT2D eigenvalue weighted by atomic mass is 16.2. The van der Waals surface area contributed by atoms with E-state index in [2.05, 4.69) is 6.07 Å². The van der Waals surface area contributed by atoms with Crippen LogP contribution in [0.5, 0.6) is 0 Å². The summed E-state index contributed by atoms with van der Waals surface area (Å²) in [5.41, 5.74) is 0.175. The lowest BCUT2D eigenvalue weighted by molar-refractivity contribution is -0.143. The lowest BCUT2D eigenvalue weighted by atomic mass is 9.73. The summed E-state index contributed by atoms with van der Waals surface area (Å²) in [4.78, 5) is 26.4. The number of carbonyl (C=O) groups is 2. The quantitative estimate of drug-likeness (QED) is 0.783. The zero-order chi connectivity index (χ0) is 14.9. The lowest BCUT2D eigenvalue weighted by Gasteiger charge is -2.31. The van der Waals surface area contributed by atoms with Crippen LogP contribution in [0.1, 0.15) is 50.1 Å². The monoisotopic (exact) mass is 282 g/mol. The molecule has 1 atom stereocenters. The van der Waals surface area contributed by atoms with Gasteiger partial charge in [0, 0.05) is 6.42 Å². The Kier molecular flexibility index (Phi) is 3.50. The second-order valence-corrected chi connectivity index (χ2v) is 6.03. The van der Waals surface area contributed by atoms with Crippen molar-refractivity contribution < 1.29 is 9.59 Å². The third kappa shape index (κ3) is 2.23. The SMILES string of the molecule is N#CC(c1ccccc1)N1C(=O)CC2(CCCCC2)C1=O. The maximum Gasteiger partial charge on any atom is 0.237 e. The van der Waals surface area contributed by atoms with Crippen molar-refractivity contribution in [2.75, 3.05) is 0 Å². The molecule has 108 valence electrons. The zero-order valence-corrected chi connectivity index (χ0v) is 11.9. The molecular weight excluding hydrogens is 264 g/mol. The summed E-state index contributed by atoms with van der Waals surface area (Å²) in [5, 5.41) is 9.47. The van der Waals surface area contributed by atoms with Crippen molar-refractivity contribution >= 4 is 11.8 Å². The number of nitrogens with zero attached hydrogens (tertiary/aromatic N) is 2. The molecule has 2 amide bonds. The van der Waals surface area contributed by atoms with Gasteiger partial charge in [-0.1, -0.05) is 49.6 Å². The van der Waals surface area contributed by atoms with Crippen LogP contribution in [0.3, 0.4) is 0 Å². The number of likely N-dealkylation sites (tertiary alicyclic amines) is 1. The van der Waals surface area contributed by atoms with Crippen molar-refractivity contribution in [3.05, 3.63) is 35.9 Å². The van der Waals surface area contributed by atoms with Gasteiger partial charge in [0.05, 0.1) is 11.5 Å². The minimum absolute atomic E-state index is 0.136. The molecule has 1 saturated heterocycles. The molecule has 4 heteroatoms. The van der Waals surface area contributed by atoms with E-state index in [1.807, 2.05) is 18.2 Å². The molecule has 1 unspecified atom stereocenters. The van der Waals surface area contributed by atoms with Gasteiger partial charge in [-0.3, -0.25) is 14.5 Å². The largest absolute Gasteiger partial charge is 0.274 e. The molecule has 0 radical (unpaired) electrons. The van der Waals surface area contributed by atoms with Gasteiger partial charge in [0.15, 0.2) is 6.04 Å². The van der Waals surface area contributed by atoms with Crippen LogP contribution in [0.25, 0.3) is 0 Å². The summed E-state index contributed by atoms with van der Waals surface area (Å²) in [6, 6.07) is 10.4. The Morgan fingerprint density at radius 3 is 2.38 bits per heavy atom. The van der Waals surface area contributed by atoms with E-state index in [1.54, 1.807) is 12.1 Å². The maximum absolute atomic E-state index is 12.8. The van der Waals surface area contributed by atoms with Crippen LogP contribution in [0.15, 0.2) is 30.3 Å². The molecule has 4 nitrogen and oxygen atoms in total. The Hall–Kier alpha value is -2.15. The predicted octanol–water partition coefficient (Wildman–Crippen LogP) is 2.96. The number of hydrogen-bond acceptors (Lipinski definition) is 3. The zero-order valence-electron chi connectivity index (χ0n) is 11.9. The third-order valence-corrected chi connectivity index (χ3v) is 4.74. The first-order valence-corrected chi connectivity index (χ1v) is 7.49. The maximum atomic E-state index is 12.8. The minimum atomic E-state index is -0.799. The number of benzene rings is 1. The Morgan fingerprint density at radius 2 is 1.76 bits per heavy atom. The molecule has 1 heterocycles. The molecule has 1 aliphatic heterocycles. The second kappa shape index (κ2) is 5.33. The van der Waals surface area contributed by atoms with E-state index < -0.39 is 11.5 Å². The van der Waals surface area contributed by atoms with Gasteiger partial charge in [-0.2, -0.15) is 5.26 Å². The van der Waals surface area contributed by atoms with Crippen molar-refractivity contribution in [2.24, 2.45) is 5.41 Å². The first-order valence-electron chi connectivity index (χ1n) is 7.49. The first-order chi connectivity index (χ1) is 10.2. The van der Waals surface area contributed by atoms with Gasteiger partial charge in [-0.05, 0) is 18.4 Å². The van der Waals surface area contributed by atoms with Crippen LogP contribution in [0.2, 0.25) is 0 Å². The Bertz CT molecular complexity index is 597. The topological polar surface area (TPSA) is 61.2 Å². The average molecular weight is 282 g/mol. The number of nitriles is 1. The van der Waals surface area contributed by atoms with Gasteiger partial charge >= 0.3 is 0 Å². The average Bonchev–Trinajstić information content (AvgIpc) is 2.74. The van der Waals surface area contributed by atoms with Gasteiger partial charge in [0.25, 0.3) is 0 Å². The molecular formula is C17H18N2O2. The normalized spacial score (nSPS) is 22.3. The van der Waals surface area contributed by atoms with Crippen molar-refractivity contribution in [1.29, 1.82) is 5.26 Å². The molecule has 1 aromatic rings. The van der Waals surface area contributed by atoms with E-state index in [0.29, 0.717) is 5.56 Å². The summed E-state index contributed by atoms with van der Waals surface area (Å²) < 4.78 is 0. The molecule has 1 spiro atoms. The molecule has 0 N–H and O–H groups in total. The first kappa shape index (κ1) is 13.8. The number of carbonyl (C=O) groups excluding carboxylic acids is 2. The molecule has 2 aliphatic rings. The Labute approximate surface area is 124 Å². The fourth-order valence-electron chi connectivity index (χ4n) is 3.62. The predicted molar refractivity (Wildman–Crippen MR) is 76.8 cm³/mol. The summed E-state index contributed by atoms with van der Waals surface area (Å²) in [5.74, 6) is -0.333. The Balaban J connectivity index is 1.93. The van der Waals surface area contributed by atoms with Gasteiger partial charge < -0.3 is 0 Å². The van der Waals surface area contributed by atoms with Gasteiger partial charge in [-0.15, -0.1) is 0 Å².